The van der Waals surface area contributed by atoms with Gasteiger partial charge in [-0.05, 0) is 60.5 Å². The Morgan fingerprint density at radius 2 is 1.65 bits per heavy atom. The molecule has 0 spiro atoms. The first-order valence-electron chi connectivity index (χ1n) is 12.2. The summed E-state index contributed by atoms with van der Waals surface area (Å²) in [6.45, 7) is 4.48. The minimum absolute atomic E-state index is 0.309. The van der Waals surface area contributed by atoms with Crippen molar-refractivity contribution in [3.63, 3.8) is 0 Å². The Morgan fingerprint density at radius 1 is 0.946 bits per heavy atom. The highest BCUT2D eigenvalue weighted by molar-refractivity contribution is 8.18. The summed E-state index contributed by atoms with van der Waals surface area (Å²) in [5, 5.41) is 3.31. The van der Waals surface area contributed by atoms with E-state index in [4.69, 9.17) is 0 Å². The first-order valence-corrected chi connectivity index (χ1v) is 13.0. The van der Waals surface area contributed by atoms with E-state index in [1.165, 1.54) is 11.1 Å². The molecule has 0 atom stereocenters. The van der Waals surface area contributed by atoms with Gasteiger partial charge >= 0.3 is 0 Å². The number of aromatic nitrogens is 1. The highest BCUT2D eigenvalue weighted by Gasteiger charge is 2.36. The number of para-hydroxylation sites is 1. The van der Waals surface area contributed by atoms with E-state index in [0.29, 0.717) is 17.1 Å². The molecule has 2 heterocycles. The monoisotopic (exact) mass is 509 g/mol. The number of aryl methyl sites for hydroxylation is 2. The zero-order valence-electron chi connectivity index (χ0n) is 20.7. The number of benzene rings is 3. The van der Waals surface area contributed by atoms with Crippen molar-refractivity contribution in [2.75, 3.05) is 11.9 Å². The van der Waals surface area contributed by atoms with E-state index in [1.54, 1.807) is 6.08 Å². The summed E-state index contributed by atoms with van der Waals surface area (Å²) in [5.74, 6) is -0.871. The molecule has 0 unspecified atom stereocenters. The molecule has 5 rings (SSSR count). The number of anilines is 1. The molecule has 3 amide bonds. The molecule has 37 heavy (non-hydrogen) atoms. The first kappa shape index (κ1) is 24.6. The third kappa shape index (κ3) is 5.37. The van der Waals surface area contributed by atoms with Crippen LogP contribution in [0.2, 0.25) is 0 Å². The summed E-state index contributed by atoms with van der Waals surface area (Å²) in [4.78, 5) is 39.6. The fraction of sp³-hybridized carbons (Fsp3) is 0.167. The van der Waals surface area contributed by atoms with Crippen LogP contribution in [0.5, 0.6) is 0 Å². The van der Waals surface area contributed by atoms with E-state index < -0.39 is 17.1 Å². The van der Waals surface area contributed by atoms with E-state index in [1.807, 2.05) is 54.7 Å². The first-order chi connectivity index (χ1) is 17.9. The number of amides is 3. The predicted molar refractivity (Wildman–Crippen MR) is 149 cm³/mol. The van der Waals surface area contributed by atoms with E-state index in [9.17, 15) is 14.4 Å². The Hall–Kier alpha value is -4.10. The Morgan fingerprint density at radius 3 is 2.38 bits per heavy atom. The van der Waals surface area contributed by atoms with Crippen LogP contribution in [0, 0.1) is 6.92 Å². The molecule has 1 fully saturated rings. The molecule has 0 bridgehead atoms. The minimum Gasteiger partial charge on any atom is -0.342 e. The van der Waals surface area contributed by atoms with Crippen LogP contribution in [0.4, 0.5) is 10.5 Å². The Kier molecular flexibility index (Phi) is 6.97. The summed E-state index contributed by atoms with van der Waals surface area (Å²) in [7, 11) is 0. The third-order valence-electron chi connectivity index (χ3n) is 6.40. The fourth-order valence-electron chi connectivity index (χ4n) is 4.36. The smallest absolute Gasteiger partial charge is 0.294 e. The summed E-state index contributed by atoms with van der Waals surface area (Å²) in [6.07, 6.45) is 4.66. The maximum Gasteiger partial charge on any atom is 0.294 e. The van der Waals surface area contributed by atoms with Gasteiger partial charge in [0.2, 0.25) is 5.91 Å². The van der Waals surface area contributed by atoms with Crippen LogP contribution in [0.25, 0.3) is 17.0 Å². The van der Waals surface area contributed by atoms with Crippen LogP contribution in [-0.2, 0) is 22.6 Å². The van der Waals surface area contributed by atoms with Gasteiger partial charge in [-0.1, -0.05) is 67.1 Å². The van der Waals surface area contributed by atoms with Gasteiger partial charge in [0.1, 0.15) is 6.54 Å². The number of nitrogens with one attached hydrogen (secondary N) is 1. The van der Waals surface area contributed by atoms with Gasteiger partial charge in [0, 0.05) is 34.9 Å². The number of hydrogen-bond donors (Lipinski definition) is 1. The van der Waals surface area contributed by atoms with Crippen molar-refractivity contribution >= 4 is 51.5 Å². The molecular formula is C30H27N3O3S. The van der Waals surface area contributed by atoms with Crippen molar-refractivity contribution in [1.82, 2.24) is 9.47 Å². The molecule has 6 nitrogen and oxygen atoms in total. The normalized spacial score (nSPS) is 14.6. The molecule has 1 aromatic heterocycles. The van der Waals surface area contributed by atoms with Crippen LogP contribution >= 0.6 is 11.8 Å². The molecule has 0 aliphatic carbocycles. The van der Waals surface area contributed by atoms with Gasteiger partial charge in [0.25, 0.3) is 11.1 Å². The molecule has 1 saturated heterocycles. The SMILES string of the molecule is CCc1ccc(NC(=O)CN2C(=O)S/C(=C\c3cn(Cc4ccc(C)cc4)c4ccccc34)C2=O)cc1. The Bertz CT molecular complexity index is 1520. The molecule has 1 aliphatic heterocycles. The molecule has 7 heteroatoms. The summed E-state index contributed by atoms with van der Waals surface area (Å²) < 4.78 is 2.15. The number of fused-ring (bicyclic) bond motifs is 1. The minimum atomic E-state index is -0.457. The molecule has 0 saturated carbocycles. The van der Waals surface area contributed by atoms with Gasteiger partial charge in [-0.3, -0.25) is 19.3 Å². The van der Waals surface area contributed by atoms with Crippen molar-refractivity contribution < 1.29 is 14.4 Å². The van der Waals surface area contributed by atoms with Crippen LogP contribution in [-0.4, -0.2) is 33.1 Å². The zero-order chi connectivity index (χ0) is 25.9. The topological polar surface area (TPSA) is 71.4 Å². The summed E-state index contributed by atoms with van der Waals surface area (Å²) >= 11 is 0.863. The number of rotatable bonds is 7. The number of thioether (sulfide) groups is 1. The van der Waals surface area contributed by atoms with Crippen molar-refractivity contribution in [2.24, 2.45) is 0 Å². The predicted octanol–water partition coefficient (Wildman–Crippen LogP) is 6.24. The maximum absolute atomic E-state index is 13.1. The lowest BCUT2D eigenvalue weighted by atomic mass is 10.1. The van der Waals surface area contributed by atoms with Gasteiger partial charge in [-0.2, -0.15) is 0 Å². The van der Waals surface area contributed by atoms with Crippen LogP contribution in [0.3, 0.4) is 0 Å². The highest BCUT2D eigenvalue weighted by Crippen LogP contribution is 2.34. The molecular weight excluding hydrogens is 482 g/mol. The van der Waals surface area contributed by atoms with Crippen molar-refractivity contribution in [3.8, 4) is 0 Å². The average Bonchev–Trinajstić information content (AvgIpc) is 3.37. The van der Waals surface area contributed by atoms with E-state index in [0.717, 1.165) is 45.1 Å². The van der Waals surface area contributed by atoms with Gasteiger partial charge in [-0.25, -0.2) is 0 Å². The van der Waals surface area contributed by atoms with Crippen LogP contribution < -0.4 is 5.32 Å². The second-order valence-corrected chi connectivity index (χ2v) is 10.1. The number of carbonyl (C=O) groups excluding carboxylic acids is 3. The molecule has 186 valence electrons. The molecule has 1 aliphatic rings. The standard InChI is InChI=1S/C30H27N3O3S/c1-3-21-12-14-24(15-13-21)31-28(34)19-33-29(35)27(37-30(33)36)16-23-18-32(26-7-5-4-6-25(23)26)17-22-10-8-20(2)9-11-22/h4-16,18H,3,17,19H2,1-2H3,(H,31,34)/b27-16-. The summed E-state index contributed by atoms with van der Waals surface area (Å²) in [6, 6.07) is 23.9. The average molecular weight is 510 g/mol. The van der Waals surface area contributed by atoms with Crippen molar-refractivity contribution in [2.45, 2.75) is 26.8 Å². The van der Waals surface area contributed by atoms with Crippen molar-refractivity contribution in [3.05, 3.63) is 106 Å². The molecule has 4 aromatic rings. The number of imide groups is 1. The zero-order valence-corrected chi connectivity index (χ0v) is 21.5. The largest absolute Gasteiger partial charge is 0.342 e. The lowest BCUT2D eigenvalue weighted by Crippen LogP contribution is -2.36. The van der Waals surface area contributed by atoms with Gasteiger partial charge in [0.05, 0.1) is 4.91 Å². The fourth-order valence-corrected chi connectivity index (χ4v) is 5.19. The number of nitrogens with zero attached hydrogens (tertiary/aromatic N) is 2. The molecule has 1 N–H and O–H groups in total. The van der Waals surface area contributed by atoms with Crippen molar-refractivity contribution in [1.29, 1.82) is 0 Å². The van der Waals surface area contributed by atoms with E-state index >= 15 is 0 Å². The molecule has 0 radical (unpaired) electrons. The van der Waals surface area contributed by atoms with Gasteiger partial charge in [-0.15, -0.1) is 0 Å². The third-order valence-corrected chi connectivity index (χ3v) is 7.31. The van der Waals surface area contributed by atoms with Gasteiger partial charge in [0.15, 0.2) is 0 Å². The van der Waals surface area contributed by atoms with Crippen LogP contribution in [0.15, 0.2) is 83.9 Å². The van der Waals surface area contributed by atoms with Gasteiger partial charge < -0.3 is 9.88 Å². The van der Waals surface area contributed by atoms with Crippen LogP contribution in [0.1, 0.15) is 29.2 Å². The Labute approximate surface area is 220 Å². The second kappa shape index (κ2) is 10.5. The lowest BCUT2D eigenvalue weighted by Gasteiger charge is -2.12. The number of carbonyl (C=O) groups is 3. The summed E-state index contributed by atoms with van der Waals surface area (Å²) in [5.41, 5.74) is 6.07. The maximum atomic E-state index is 13.1. The molecule has 3 aromatic carbocycles. The Balaban J connectivity index is 1.34. The quantitative estimate of drug-likeness (QED) is 0.300. The highest BCUT2D eigenvalue weighted by atomic mass is 32.2. The number of hydrogen-bond acceptors (Lipinski definition) is 4. The second-order valence-electron chi connectivity index (χ2n) is 9.08. The lowest BCUT2D eigenvalue weighted by molar-refractivity contribution is -0.127. The van der Waals surface area contributed by atoms with E-state index in [2.05, 4.69) is 48.0 Å². The van der Waals surface area contributed by atoms with E-state index in [-0.39, 0.29) is 6.54 Å².